The van der Waals surface area contributed by atoms with E-state index in [9.17, 15) is 9.36 Å². The normalized spacial score (nSPS) is 19.5. The van der Waals surface area contributed by atoms with Crippen molar-refractivity contribution in [3.63, 3.8) is 0 Å². The van der Waals surface area contributed by atoms with Gasteiger partial charge < -0.3 is 18.5 Å². The number of hydrogen-bond acceptors (Lipinski definition) is 6. The van der Waals surface area contributed by atoms with Crippen LogP contribution in [0, 0.1) is 0 Å². The van der Waals surface area contributed by atoms with Crippen molar-refractivity contribution in [3.8, 4) is 0 Å². The summed E-state index contributed by atoms with van der Waals surface area (Å²) in [7, 11) is -1.84. The van der Waals surface area contributed by atoms with Gasteiger partial charge in [-0.2, -0.15) is 0 Å². The molecule has 1 rings (SSSR count). The van der Waals surface area contributed by atoms with Gasteiger partial charge in [-0.05, 0) is 20.8 Å². The molecule has 0 aliphatic carbocycles. The molecule has 0 radical (unpaired) electrons. The van der Waals surface area contributed by atoms with Gasteiger partial charge in [0.05, 0.1) is 32.1 Å². The van der Waals surface area contributed by atoms with Gasteiger partial charge in [0, 0.05) is 6.42 Å². The molecule has 0 saturated carbocycles. The highest BCUT2D eigenvalue weighted by Gasteiger charge is 2.35. The third-order valence-electron chi connectivity index (χ3n) is 2.71. The predicted molar refractivity (Wildman–Crippen MR) is 69.9 cm³/mol. The van der Waals surface area contributed by atoms with Crippen LogP contribution in [0.15, 0.2) is 11.3 Å². The molecule has 0 saturated heterocycles. The Labute approximate surface area is 113 Å². The van der Waals surface area contributed by atoms with Crippen molar-refractivity contribution < 1.29 is 27.9 Å². The zero-order valence-corrected chi connectivity index (χ0v) is 12.7. The van der Waals surface area contributed by atoms with E-state index in [4.69, 9.17) is 13.8 Å². The minimum atomic E-state index is -3.16. The third kappa shape index (κ3) is 4.34. The fourth-order valence-electron chi connectivity index (χ4n) is 1.97. The number of methoxy groups -OCH3 is 1. The largest absolute Gasteiger partial charge is 0.493 e. The molecule has 0 spiro atoms. The van der Waals surface area contributed by atoms with Gasteiger partial charge in [0.1, 0.15) is 11.9 Å². The molecule has 1 atom stereocenters. The van der Waals surface area contributed by atoms with E-state index in [0.717, 1.165) is 0 Å². The van der Waals surface area contributed by atoms with Gasteiger partial charge in [0.15, 0.2) is 0 Å². The first kappa shape index (κ1) is 16.2. The highest BCUT2D eigenvalue weighted by molar-refractivity contribution is 7.53. The number of ether oxygens (including phenoxy) is 2. The van der Waals surface area contributed by atoms with E-state index < -0.39 is 13.6 Å². The minimum absolute atomic E-state index is 0.131. The van der Waals surface area contributed by atoms with Crippen molar-refractivity contribution >= 4 is 13.6 Å². The second-order valence-corrected chi connectivity index (χ2v) is 6.20. The molecule has 0 N–H and O–H groups in total. The van der Waals surface area contributed by atoms with Gasteiger partial charge in [-0.25, -0.2) is 4.79 Å². The van der Waals surface area contributed by atoms with E-state index in [1.54, 1.807) is 20.8 Å². The molecule has 0 aromatic rings. The summed E-state index contributed by atoms with van der Waals surface area (Å²) in [5.74, 6) is 0.0963. The van der Waals surface area contributed by atoms with E-state index in [2.05, 4.69) is 4.74 Å². The summed E-state index contributed by atoms with van der Waals surface area (Å²) in [5.41, 5.74) is 0.479. The molecule has 1 aliphatic rings. The monoisotopic (exact) mass is 292 g/mol. The van der Waals surface area contributed by atoms with E-state index >= 15 is 0 Å². The van der Waals surface area contributed by atoms with E-state index in [1.807, 2.05) is 0 Å². The molecule has 0 aromatic carbocycles. The quantitative estimate of drug-likeness (QED) is 0.530. The summed E-state index contributed by atoms with van der Waals surface area (Å²) < 4.78 is 33.0. The Morgan fingerprint density at radius 3 is 2.42 bits per heavy atom. The van der Waals surface area contributed by atoms with Crippen LogP contribution in [0.25, 0.3) is 0 Å². The average molecular weight is 292 g/mol. The van der Waals surface area contributed by atoms with Gasteiger partial charge in [0.2, 0.25) is 0 Å². The zero-order chi connectivity index (χ0) is 14.5. The number of hydrogen-bond donors (Lipinski definition) is 0. The first-order valence-corrected chi connectivity index (χ1v) is 8.01. The highest BCUT2D eigenvalue weighted by Crippen LogP contribution is 2.50. The van der Waals surface area contributed by atoms with Gasteiger partial charge in [-0.1, -0.05) is 0 Å². The maximum Gasteiger partial charge on any atom is 0.337 e. The molecule has 110 valence electrons. The van der Waals surface area contributed by atoms with Crippen molar-refractivity contribution in [1.82, 2.24) is 0 Å². The van der Waals surface area contributed by atoms with Crippen LogP contribution in [0.1, 0.15) is 27.2 Å². The summed E-state index contributed by atoms with van der Waals surface area (Å²) in [4.78, 5) is 11.5. The Kier molecular flexibility index (Phi) is 6.04. The lowest BCUT2D eigenvalue weighted by molar-refractivity contribution is -0.136. The fourth-order valence-corrected chi connectivity index (χ4v) is 3.75. The van der Waals surface area contributed by atoms with Crippen LogP contribution in [-0.2, 0) is 27.9 Å². The van der Waals surface area contributed by atoms with Crippen molar-refractivity contribution in [2.24, 2.45) is 0 Å². The molecule has 7 heteroatoms. The van der Waals surface area contributed by atoms with Crippen molar-refractivity contribution in [2.75, 3.05) is 26.5 Å². The lowest BCUT2D eigenvalue weighted by atomic mass is 10.1. The summed E-state index contributed by atoms with van der Waals surface area (Å²) >= 11 is 0. The smallest absolute Gasteiger partial charge is 0.337 e. The van der Waals surface area contributed by atoms with Crippen molar-refractivity contribution in [3.05, 3.63) is 11.3 Å². The van der Waals surface area contributed by atoms with Crippen molar-refractivity contribution in [1.29, 1.82) is 0 Å². The predicted octanol–water partition coefficient (Wildman–Crippen LogP) is 2.49. The van der Waals surface area contributed by atoms with Crippen LogP contribution in [0.4, 0.5) is 0 Å². The lowest BCUT2D eigenvalue weighted by Gasteiger charge is -2.20. The number of rotatable bonds is 7. The van der Waals surface area contributed by atoms with Gasteiger partial charge in [-0.3, -0.25) is 4.57 Å². The Morgan fingerprint density at radius 1 is 1.37 bits per heavy atom. The maximum absolute atomic E-state index is 12.4. The second kappa shape index (κ2) is 7.08. The molecule has 0 aromatic heterocycles. The van der Waals surface area contributed by atoms with E-state index in [0.29, 0.717) is 31.0 Å². The fraction of sp³-hybridized carbons (Fsp3) is 0.750. The first-order chi connectivity index (χ1) is 8.95. The lowest BCUT2D eigenvalue weighted by Crippen LogP contribution is -2.16. The minimum Gasteiger partial charge on any atom is -0.493 e. The first-order valence-electron chi connectivity index (χ1n) is 6.28. The van der Waals surface area contributed by atoms with Crippen LogP contribution in [-0.4, -0.2) is 38.6 Å². The van der Waals surface area contributed by atoms with Crippen LogP contribution < -0.4 is 0 Å². The van der Waals surface area contributed by atoms with E-state index in [1.165, 1.54) is 7.11 Å². The number of allylic oxidation sites excluding steroid dienone is 1. The Bertz CT molecular complexity index is 393. The summed E-state index contributed by atoms with van der Waals surface area (Å²) in [6.07, 6.45) is 0.118. The Balaban J connectivity index is 2.66. The van der Waals surface area contributed by atoms with Gasteiger partial charge >= 0.3 is 13.6 Å². The molecule has 0 amide bonds. The molecule has 6 nitrogen and oxygen atoms in total. The highest BCUT2D eigenvalue weighted by atomic mass is 31.2. The summed E-state index contributed by atoms with van der Waals surface area (Å²) in [6.45, 7) is 5.81. The molecular weight excluding hydrogens is 271 g/mol. The topological polar surface area (TPSA) is 71.1 Å². The molecule has 0 fully saturated rings. The Morgan fingerprint density at radius 2 is 1.95 bits per heavy atom. The van der Waals surface area contributed by atoms with Gasteiger partial charge in [0.25, 0.3) is 0 Å². The number of carbonyl (C=O) groups excluding carboxylic acids is 1. The summed E-state index contributed by atoms with van der Waals surface area (Å²) in [5, 5.41) is 0. The molecule has 1 aliphatic heterocycles. The van der Waals surface area contributed by atoms with Crippen LogP contribution in [0.3, 0.4) is 0 Å². The molecular formula is C12H21O6P. The standard InChI is InChI=1S/C12H21O6P/c1-5-16-19(14,17-6-2)8-10-7-11(9(3)18-10)12(13)15-4/h10H,5-8H2,1-4H3. The molecule has 1 unspecified atom stereocenters. The second-order valence-electron chi connectivity index (χ2n) is 4.10. The summed E-state index contributed by atoms with van der Waals surface area (Å²) in [6, 6.07) is 0. The van der Waals surface area contributed by atoms with E-state index in [-0.39, 0.29) is 12.3 Å². The molecule has 1 heterocycles. The van der Waals surface area contributed by atoms with Crippen LogP contribution in [0.5, 0.6) is 0 Å². The van der Waals surface area contributed by atoms with Gasteiger partial charge in [-0.15, -0.1) is 0 Å². The SMILES string of the molecule is CCOP(=O)(CC1CC(C(=O)OC)=C(C)O1)OCC. The average Bonchev–Trinajstić information content (AvgIpc) is 2.69. The van der Waals surface area contributed by atoms with Crippen molar-refractivity contribution in [2.45, 2.75) is 33.3 Å². The third-order valence-corrected chi connectivity index (χ3v) is 4.87. The maximum atomic E-state index is 12.4. The van der Waals surface area contributed by atoms with Crippen LogP contribution >= 0.6 is 7.60 Å². The number of esters is 1. The Hall–Kier alpha value is -0.840. The zero-order valence-electron chi connectivity index (χ0n) is 11.8. The number of carbonyl (C=O) groups is 1. The molecule has 19 heavy (non-hydrogen) atoms. The molecule has 0 bridgehead atoms. The van der Waals surface area contributed by atoms with Crippen LogP contribution in [0.2, 0.25) is 0 Å².